The van der Waals surface area contributed by atoms with Crippen molar-refractivity contribution in [3.8, 4) is 0 Å². The molecule has 88 valence electrons. The average Bonchev–Trinajstić information content (AvgIpc) is 2.66. The molecule has 0 aromatic carbocycles. The summed E-state index contributed by atoms with van der Waals surface area (Å²) in [4.78, 5) is 0. The van der Waals surface area contributed by atoms with Crippen LogP contribution in [0.5, 0.6) is 0 Å². The van der Waals surface area contributed by atoms with Gasteiger partial charge in [-0.25, -0.2) is 0 Å². The lowest BCUT2D eigenvalue weighted by Crippen LogP contribution is -2.41. The molecular formula is C11H21NOS2. The second-order valence-electron chi connectivity index (χ2n) is 4.63. The van der Waals surface area contributed by atoms with Crippen LogP contribution >= 0.6 is 23.5 Å². The van der Waals surface area contributed by atoms with Crippen LogP contribution < -0.4 is 5.73 Å². The molecule has 2 N–H and O–H groups in total. The van der Waals surface area contributed by atoms with Crippen LogP contribution in [0.3, 0.4) is 0 Å². The molecule has 0 aliphatic carbocycles. The van der Waals surface area contributed by atoms with E-state index in [1.807, 2.05) is 11.8 Å². The zero-order valence-electron chi connectivity index (χ0n) is 9.41. The van der Waals surface area contributed by atoms with Crippen LogP contribution in [0.15, 0.2) is 0 Å². The van der Waals surface area contributed by atoms with E-state index in [4.69, 9.17) is 10.5 Å². The number of nitrogens with two attached hydrogens (primary N) is 1. The topological polar surface area (TPSA) is 35.2 Å². The van der Waals surface area contributed by atoms with Crippen molar-refractivity contribution >= 4 is 23.5 Å². The molecule has 2 aliphatic rings. The molecule has 2 rings (SSSR count). The largest absolute Gasteiger partial charge is 0.374 e. The van der Waals surface area contributed by atoms with Crippen molar-refractivity contribution in [2.24, 2.45) is 5.73 Å². The third-order valence-electron chi connectivity index (χ3n) is 3.27. The maximum atomic E-state index is 6.01. The van der Waals surface area contributed by atoms with E-state index in [1.165, 1.54) is 30.8 Å². The normalized spacial score (nSPS) is 38.4. The third-order valence-corrected chi connectivity index (χ3v) is 5.94. The second-order valence-corrected chi connectivity index (χ2v) is 7.48. The molecule has 15 heavy (non-hydrogen) atoms. The zero-order chi connectivity index (χ0) is 10.7. The molecule has 2 nitrogen and oxygen atoms in total. The number of thioether (sulfide) groups is 2. The van der Waals surface area contributed by atoms with Crippen LogP contribution in [0, 0.1) is 0 Å². The summed E-state index contributed by atoms with van der Waals surface area (Å²) in [6.07, 6.45) is 3.71. The van der Waals surface area contributed by atoms with Crippen LogP contribution in [0.2, 0.25) is 0 Å². The molecule has 0 bridgehead atoms. The molecule has 1 spiro atoms. The van der Waals surface area contributed by atoms with Gasteiger partial charge in [-0.2, -0.15) is 23.5 Å². The molecule has 0 radical (unpaired) electrons. The summed E-state index contributed by atoms with van der Waals surface area (Å²) in [5, 5.41) is 1.37. The monoisotopic (exact) mass is 247 g/mol. The summed E-state index contributed by atoms with van der Waals surface area (Å²) in [7, 11) is 0. The molecule has 0 aromatic heterocycles. The molecule has 0 amide bonds. The quantitative estimate of drug-likeness (QED) is 0.828. The van der Waals surface area contributed by atoms with Gasteiger partial charge in [0.05, 0.1) is 5.60 Å². The van der Waals surface area contributed by atoms with Crippen molar-refractivity contribution in [2.45, 2.75) is 42.3 Å². The van der Waals surface area contributed by atoms with Crippen molar-refractivity contribution < 1.29 is 4.74 Å². The van der Waals surface area contributed by atoms with Crippen molar-refractivity contribution in [1.29, 1.82) is 0 Å². The van der Waals surface area contributed by atoms with Gasteiger partial charge >= 0.3 is 0 Å². The minimum atomic E-state index is 0.231. The molecular weight excluding hydrogens is 226 g/mol. The Kier molecular flexibility index (Phi) is 4.27. The van der Waals surface area contributed by atoms with Gasteiger partial charge in [0.25, 0.3) is 0 Å². The van der Waals surface area contributed by atoms with E-state index < -0.39 is 0 Å². The fraction of sp³-hybridized carbons (Fsp3) is 1.00. The van der Waals surface area contributed by atoms with E-state index in [-0.39, 0.29) is 5.60 Å². The Balaban J connectivity index is 1.86. The number of hydrogen-bond donors (Lipinski definition) is 1. The maximum absolute atomic E-state index is 6.01. The van der Waals surface area contributed by atoms with Gasteiger partial charge in [-0.1, -0.05) is 6.92 Å². The van der Waals surface area contributed by atoms with E-state index in [1.54, 1.807) is 0 Å². The molecule has 2 fully saturated rings. The van der Waals surface area contributed by atoms with E-state index in [2.05, 4.69) is 18.7 Å². The summed E-state index contributed by atoms with van der Waals surface area (Å²) in [5.41, 5.74) is 5.91. The Morgan fingerprint density at radius 1 is 1.67 bits per heavy atom. The number of rotatable bonds is 3. The Bertz CT molecular complexity index is 207. The minimum absolute atomic E-state index is 0.231. The highest BCUT2D eigenvalue weighted by Crippen LogP contribution is 2.42. The van der Waals surface area contributed by atoms with E-state index >= 15 is 0 Å². The Morgan fingerprint density at radius 3 is 3.20 bits per heavy atom. The van der Waals surface area contributed by atoms with Crippen LogP contribution in [0.4, 0.5) is 0 Å². The molecule has 2 saturated heterocycles. The summed E-state index contributed by atoms with van der Waals surface area (Å²) in [6, 6.07) is 0. The molecule has 0 aromatic rings. The van der Waals surface area contributed by atoms with Gasteiger partial charge in [-0.3, -0.25) is 0 Å². The molecule has 2 aliphatic heterocycles. The van der Waals surface area contributed by atoms with Crippen molar-refractivity contribution in [3.05, 3.63) is 0 Å². The molecule has 4 heteroatoms. The van der Waals surface area contributed by atoms with E-state index in [0.29, 0.717) is 5.25 Å². The summed E-state index contributed by atoms with van der Waals surface area (Å²) < 4.78 is 6.01. The first-order valence-corrected chi connectivity index (χ1v) is 7.91. The zero-order valence-corrected chi connectivity index (χ0v) is 11.0. The van der Waals surface area contributed by atoms with Gasteiger partial charge in [-0.05, 0) is 25.0 Å². The molecule has 0 saturated carbocycles. The predicted molar refractivity (Wildman–Crippen MR) is 69.8 cm³/mol. The lowest BCUT2D eigenvalue weighted by atomic mass is 9.93. The van der Waals surface area contributed by atoms with Gasteiger partial charge < -0.3 is 10.5 Å². The van der Waals surface area contributed by atoms with Gasteiger partial charge in [0, 0.05) is 29.4 Å². The van der Waals surface area contributed by atoms with Crippen molar-refractivity contribution in [3.63, 3.8) is 0 Å². The Morgan fingerprint density at radius 2 is 2.53 bits per heavy atom. The smallest absolute Gasteiger partial charge is 0.0790 e. The highest BCUT2D eigenvalue weighted by atomic mass is 32.2. The first-order valence-electron chi connectivity index (χ1n) is 5.81. The third kappa shape index (κ3) is 3.05. The first-order chi connectivity index (χ1) is 7.24. The highest BCUT2D eigenvalue weighted by molar-refractivity contribution is 8.00. The van der Waals surface area contributed by atoms with Gasteiger partial charge in [-0.15, -0.1) is 0 Å². The summed E-state index contributed by atoms with van der Waals surface area (Å²) >= 11 is 4.11. The van der Waals surface area contributed by atoms with E-state index in [9.17, 15) is 0 Å². The lowest BCUT2D eigenvalue weighted by Gasteiger charge is -2.38. The number of hydrogen-bond acceptors (Lipinski definition) is 4. The van der Waals surface area contributed by atoms with Gasteiger partial charge in [0.15, 0.2) is 0 Å². The first kappa shape index (κ1) is 12.1. The molecule has 3 atom stereocenters. The summed E-state index contributed by atoms with van der Waals surface area (Å²) in [5.74, 6) is 2.49. The summed E-state index contributed by atoms with van der Waals surface area (Å²) in [6.45, 7) is 3.98. The second kappa shape index (κ2) is 5.30. The lowest BCUT2D eigenvalue weighted by molar-refractivity contribution is -0.0562. The van der Waals surface area contributed by atoms with Crippen LogP contribution in [-0.4, -0.2) is 40.8 Å². The fourth-order valence-electron chi connectivity index (χ4n) is 2.35. The van der Waals surface area contributed by atoms with Gasteiger partial charge in [0.2, 0.25) is 0 Å². The molecule has 2 heterocycles. The Labute approximate surface area is 101 Å². The van der Waals surface area contributed by atoms with E-state index in [0.717, 1.165) is 18.4 Å². The average molecular weight is 247 g/mol. The van der Waals surface area contributed by atoms with Gasteiger partial charge in [0.1, 0.15) is 0 Å². The Hall–Kier alpha value is 0.620. The molecule has 3 unspecified atom stereocenters. The van der Waals surface area contributed by atoms with Crippen LogP contribution in [0.1, 0.15) is 26.2 Å². The number of ether oxygens (including phenoxy) is 1. The highest BCUT2D eigenvalue weighted by Gasteiger charge is 2.40. The predicted octanol–water partition coefficient (Wildman–Crippen LogP) is 2.12. The maximum Gasteiger partial charge on any atom is 0.0790 e. The fourth-order valence-corrected chi connectivity index (χ4v) is 5.13. The van der Waals surface area contributed by atoms with Crippen LogP contribution in [0.25, 0.3) is 0 Å². The van der Waals surface area contributed by atoms with Crippen LogP contribution in [-0.2, 0) is 4.74 Å². The minimum Gasteiger partial charge on any atom is -0.374 e. The van der Waals surface area contributed by atoms with Crippen molar-refractivity contribution in [1.82, 2.24) is 0 Å². The SMILES string of the molecule is CC(CN)SC1CCOC2(CCSC2)C1. The standard InChI is InChI=1S/C11H21NOS2/c1-9(7-12)15-10-2-4-13-11(6-10)3-5-14-8-11/h9-10H,2-8,12H2,1H3. The van der Waals surface area contributed by atoms with Crippen molar-refractivity contribution in [2.75, 3.05) is 24.7 Å².